The highest BCUT2D eigenvalue weighted by Gasteiger charge is 2.30. The number of rotatable bonds is 8. The van der Waals surface area contributed by atoms with Crippen molar-refractivity contribution >= 4 is 16.0 Å². The molecule has 152 valence electrons. The average Bonchev–Trinajstić information content (AvgIpc) is 2.57. The van der Waals surface area contributed by atoms with E-state index >= 15 is 0 Å². The van der Waals surface area contributed by atoms with Crippen molar-refractivity contribution in [1.82, 2.24) is 4.31 Å². The SMILES string of the molecule is O=C(O)CS(=O)(=O)N1CCC(c2ccc(OCCCC(F)(F)F)cc2)CC1. The van der Waals surface area contributed by atoms with Crippen molar-refractivity contribution in [3.05, 3.63) is 29.8 Å². The molecule has 1 fully saturated rings. The summed E-state index contributed by atoms with van der Waals surface area (Å²) in [5, 5.41) is 8.68. The normalized spacial score (nSPS) is 17.0. The van der Waals surface area contributed by atoms with E-state index in [9.17, 15) is 26.4 Å². The molecule has 1 N–H and O–H groups in total. The number of sulfonamides is 1. The van der Waals surface area contributed by atoms with Crippen LogP contribution in [-0.2, 0) is 14.8 Å². The van der Waals surface area contributed by atoms with E-state index in [1.165, 1.54) is 4.31 Å². The van der Waals surface area contributed by atoms with Crippen LogP contribution < -0.4 is 4.74 Å². The summed E-state index contributed by atoms with van der Waals surface area (Å²) < 4.78 is 66.6. The Morgan fingerprint density at radius 2 is 1.78 bits per heavy atom. The molecule has 27 heavy (non-hydrogen) atoms. The van der Waals surface area contributed by atoms with Gasteiger partial charge in [-0.1, -0.05) is 12.1 Å². The second-order valence-corrected chi connectivity index (χ2v) is 8.43. The predicted molar refractivity (Wildman–Crippen MR) is 92.2 cm³/mol. The first-order valence-corrected chi connectivity index (χ1v) is 10.2. The van der Waals surface area contributed by atoms with Gasteiger partial charge in [-0.05, 0) is 42.9 Å². The first-order valence-electron chi connectivity index (χ1n) is 8.56. The lowest BCUT2D eigenvalue weighted by atomic mass is 9.90. The second kappa shape index (κ2) is 8.92. The largest absolute Gasteiger partial charge is 0.494 e. The third-order valence-electron chi connectivity index (χ3n) is 4.38. The fraction of sp³-hybridized carbons (Fsp3) is 0.588. The average molecular weight is 409 g/mol. The van der Waals surface area contributed by atoms with Crippen molar-refractivity contribution in [2.24, 2.45) is 0 Å². The molecule has 0 spiro atoms. The van der Waals surface area contributed by atoms with E-state index in [2.05, 4.69) is 0 Å². The van der Waals surface area contributed by atoms with Crippen molar-refractivity contribution in [1.29, 1.82) is 0 Å². The van der Waals surface area contributed by atoms with Crippen LogP contribution in [0.1, 0.15) is 37.2 Å². The Bertz CT molecular complexity index is 726. The lowest BCUT2D eigenvalue weighted by Crippen LogP contribution is -2.40. The smallest absolute Gasteiger partial charge is 0.389 e. The summed E-state index contributed by atoms with van der Waals surface area (Å²) in [6, 6.07) is 7.03. The first kappa shape index (κ1) is 21.5. The molecule has 1 heterocycles. The van der Waals surface area contributed by atoms with E-state index in [1.54, 1.807) is 12.1 Å². The fourth-order valence-corrected chi connectivity index (χ4v) is 4.28. The molecule has 0 atom stereocenters. The van der Waals surface area contributed by atoms with Crippen molar-refractivity contribution in [3.8, 4) is 5.75 Å². The molecule has 1 aromatic rings. The highest BCUT2D eigenvalue weighted by molar-refractivity contribution is 7.89. The molecule has 2 rings (SSSR count). The highest BCUT2D eigenvalue weighted by Crippen LogP contribution is 2.30. The number of benzene rings is 1. The molecule has 1 aliphatic heterocycles. The summed E-state index contributed by atoms with van der Waals surface area (Å²) in [4.78, 5) is 10.6. The number of hydrogen-bond donors (Lipinski definition) is 1. The van der Waals surface area contributed by atoms with Gasteiger partial charge in [0.15, 0.2) is 5.75 Å². The van der Waals surface area contributed by atoms with Gasteiger partial charge in [0.2, 0.25) is 10.0 Å². The van der Waals surface area contributed by atoms with Gasteiger partial charge in [0.1, 0.15) is 5.75 Å². The van der Waals surface area contributed by atoms with Crippen LogP contribution in [0.4, 0.5) is 13.2 Å². The Balaban J connectivity index is 1.82. The van der Waals surface area contributed by atoms with E-state index < -0.39 is 34.3 Å². The Morgan fingerprint density at radius 3 is 2.30 bits per heavy atom. The minimum atomic E-state index is -4.18. The monoisotopic (exact) mass is 409 g/mol. The molecule has 0 saturated carbocycles. The molecule has 0 unspecified atom stereocenters. The molecule has 0 amide bonds. The fourth-order valence-electron chi connectivity index (χ4n) is 3.01. The van der Waals surface area contributed by atoms with Crippen molar-refractivity contribution in [2.75, 3.05) is 25.4 Å². The molecule has 10 heteroatoms. The second-order valence-electron chi connectivity index (χ2n) is 6.46. The summed E-state index contributed by atoms with van der Waals surface area (Å²) in [5.74, 6) is -1.65. The number of carboxylic acid groups (broad SMARTS) is 1. The van der Waals surface area contributed by atoms with Crippen LogP contribution in [0.3, 0.4) is 0 Å². The zero-order chi connectivity index (χ0) is 20.1. The highest BCUT2D eigenvalue weighted by atomic mass is 32.2. The number of nitrogens with zero attached hydrogens (tertiary/aromatic N) is 1. The summed E-state index contributed by atoms with van der Waals surface area (Å²) in [6.45, 7) is 0.505. The van der Waals surface area contributed by atoms with Gasteiger partial charge in [-0.2, -0.15) is 13.2 Å². The maximum atomic E-state index is 12.1. The number of aliphatic carboxylic acids is 1. The van der Waals surface area contributed by atoms with Gasteiger partial charge >= 0.3 is 12.1 Å². The molecule has 1 saturated heterocycles. The quantitative estimate of drug-likeness (QED) is 0.668. The zero-order valence-corrected chi connectivity index (χ0v) is 15.4. The van der Waals surface area contributed by atoms with Gasteiger partial charge in [-0.15, -0.1) is 0 Å². The zero-order valence-electron chi connectivity index (χ0n) is 14.6. The molecule has 0 bridgehead atoms. The van der Waals surface area contributed by atoms with E-state index in [0.717, 1.165) is 5.56 Å². The lowest BCUT2D eigenvalue weighted by molar-refractivity contribution is -0.136. The summed E-state index contributed by atoms with van der Waals surface area (Å²) in [5.41, 5.74) is 0.993. The number of hydrogen-bond acceptors (Lipinski definition) is 4. The Morgan fingerprint density at radius 1 is 1.19 bits per heavy atom. The van der Waals surface area contributed by atoms with Crippen LogP contribution in [0.15, 0.2) is 24.3 Å². The minimum Gasteiger partial charge on any atom is -0.494 e. The standard InChI is InChI=1S/C17H22F3NO5S/c18-17(19,20)8-1-11-26-15-4-2-13(3-5-15)14-6-9-21(10-7-14)27(24,25)12-16(22)23/h2-5,14H,1,6-12H2,(H,22,23). The molecule has 1 aliphatic rings. The molecule has 6 nitrogen and oxygen atoms in total. The number of carbonyl (C=O) groups is 1. The number of ether oxygens (including phenoxy) is 1. The predicted octanol–water partition coefficient (Wildman–Crippen LogP) is 3.00. The number of alkyl halides is 3. The van der Waals surface area contributed by atoms with Crippen molar-refractivity contribution in [3.63, 3.8) is 0 Å². The third-order valence-corrected chi connectivity index (χ3v) is 6.14. The van der Waals surface area contributed by atoms with E-state index in [4.69, 9.17) is 9.84 Å². The van der Waals surface area contributed by atoms with Gasteiger partial charge < -0.3 is 9.84 Å². The van der Waals surface area contributed by atoms with Crippen LogP contribution in [0.5, 0.6) is 5.75 Å². The molecule has 0 radical (unpaired) electrons. The molecule has 0 aromatic heterocycles. The van der Waals surface area contributed by atoms with Crippen LogP contribution in [-0.4, -0.2) is 55.4 Å². The van der Waals surface area contributed by atoms with Gasteiger partial charge in [0.25, 0.3) is 0 Å². The first-order chi connectivity index (χ1) is 12.6. The van der Waals surface area contributed by atoms with Gasteiger partial charge in [0, 0.05) is 19.5 Å². The number of halogens is 3. The topological polar surface area (TPSA) is 83.9 Å². The molecular formula is C17H22F3NO5S. The summed E-state index contributed by atoms with van der Waals surface area (Å²) in [7, 11) is -3.78. The van der Waals surface area contributed by atoms with Gasteiger partial charge in [0.05, 0.1) is 6.61 Å². The van der Waals surface area contributed by atoms with Crippen LogP contribution in [0, 0.1) is 0 Å². The van der Waals surface area contributed by atoms with Gasteiger partial charge in [-0.3, -0.25) is 4.79 Å². The van der Waals surface area contributed by atoms with Crippen LogP contribution >= 0.6 is 0 Å². The number of piperidine rings is 1. The third kappa shape index (κ3) is 7.02. The Hall–Kier alpha value is -1.81. The summed E-state index contributed by atoms with van der Waals surface area (Å²) >= 11 is 0. The summed E-state index contributed by atoms with van der Waals surface area (Å²) in [6.07, 6.45) is -4.02. The van der Waals surface area contributed by atoms with E-state index in [1.807, 2.05) is 12.1 Å². The molecular weight excluding hydrogens is 387 g/mol. The van der Waals surface area contributed by atoms with E-state index in [0.29, 0.717) is 18.6 Å². The Labute approximate surface area is 156 Å². The minimum absolute atomic E-state index is 0.0152. The maximum Gasteiger partial charge on any atom is 0.389 e. The molecule has 0 aliphatic carbocycles. The molecule has 1 aromatic carbocycles. The van der Waals surface area contributed by atoms with Crippen LogP contribution in [0.2, 0.25) is 0 Å². The lowest BCUT2D eigenvalue weighted by Gasteiger charge is -2.31. The van der Waals surface area contributed by atoms with Crippen LogP contribution in [0.25, 0.3) is 0 Å². The van der Waals surface area contributed by atoms with Crippen molar-refractivity contribution < 1.29 is 36.2 Å². The van der Waals surface area contributed by atoms with Crippen molar-refractivity contribution in [2.45, 2.75) is 37.8 Å². The van der Waals surface area contributed by atoms with E-state index in [-0.39, 0.29) is 32.0 Å². The van der Waals surface area contributed by atoms with Gasteiger partial charge in [-0.25, -0.2) is 12.7 Å². The maximum absolute atomic E-state index is 12.1. The Kier molecular flexibility index (Phi) is 7.10. The number of carboxylic acids is 1.